The highest BCUT2D eigenvalue weighted by Gasteiger charge is 2.25. The van der Waals surface area contributed by atoms with Crippen molar-refractivity contribution < 1.29 is 5.11 Å². The summed E-state index contributed by atoms with van der Waals surface area (Å²) in [7, 11) is 0. The Hall–Kier alpha value is -3.62. The van der Waals surface area contributed by atoms with E-state index in [4.69, 9.17) is 0 Å². The first-order valence-electron chi connectivity index (χ1n) is 12.5. The van der Waals surface area contributed by atoms with Crippen molar-refractivity contribution in [1.82, 2.24) is 23.1 Å². The zero-order valence-corrected chi connectivity index (χ0v) is 20.7. The molecule has 4 rings (SSSR count). The van der Waals surface area contributed by atoms with Crippen LogP contribution in [-0.4, -0.2) is 28.2 Å². The molecule has 0 unspecified atom stereocenters. The number of aromatic hydroxyl groups is 1. The lowest BCUT2D eigenvalue weighted by Gasteiger charge is -2.14. The van der Waals surface area contributed by atoms with E-state index < -0.39 is 16.8 Å². The van der Waals surface area contributed by atoms with Crippen LogP contribution in [0.3, 0.4) is 0 Å². The van der Waals surface area contributed by atoms with Crippen molar-refractivity contribution >= 4 is 16.9 Å². The fourth-order valence-electron chi connectivity index (χ4n) is 4.51. The molecule has 0 aliphatic carbocycles. The van der Waals surface area contributed by atoms with E-state index in [-0.39, 0.29) is 41.4 Å². The summed E-state index contributed by atoms with van der Waals surface area (Å²) in [6.45, 7) is 7.06. The maximum atomic E-state index is 13.8. The van der Waals surface area contributed by atoms with Crippen LogP contribution in [-0.2, 0) is 26.1 Å². The number of nitrogens with zero attached hydrogens (tertiary/aromatic N) is 5. The zero-order valence-electron chi connectivity index (χ0n) is 20.7. The Morgan fingerprint density at radius 2 is 1.46 bits per heavy atom. The van der Waals surface area contributed by atoms with Crippen LogP contribution in [0.25, 0.3) is 16.9 Å². The second kappa shape index (κ2) is 10.3. The summed E-state index contributed by atoms with van der Waals surface area (Å²) in [6, 6.07) is 9.42. The molecular weight excluding hydrogens is 446 g/mol. The van der Waals surface area contributed by atoms with E-state index >= 15 is 0 Å². The van der Waals surface area contributed by atoms with Gasteiger partial charge in [-0.1, -0.05) is 63.9 Å². The molecular formula is C26H33N5O4. The van der Waals surface area contributed by atoms with Crippen molar-refractivity contribution in [2.75, 3.05) is 0 Å². The van der Waals surface area contributed by atoms with Gasteiger partial charge in [0.1, 0.15) is 0 Å². The van der Waals surface area contributed by atoms with Gasteiger partial charge in [-0.3, -0.25) is 23.3 Å². The molecule has 0 saturated heterocycles. The summed E-state index contributed by atoms with van der Waals surface area (Å²) >= 11 is 0. The quantitative estimate of drug-likeness (QED) is 0.376. The fraction of sp³-hybridized carbons (Fsp3) is 0.462. The lowest BCUT2D eigenvalue weighted by molar-refractivity contribution is 0.404. The number of hydrogen-bond donors (Lipinski definition) is 1. The first kappa shape index (κ1) is 24.5. The molecule has 0 amide bonds. The third kappa shape index (κ3) is 4.31. The van der Waals surface area contributed by atoms with Crippen LogP contribution in [0.5, 0.6) is 5.88 Å². The number of rotatable bonds is 10. The topological polar surface area (TPSA) is 104 Å². The highest BCUT2D eigenvalue weighted by molar-refractivity contribution is 5.75. The van der Waals surface area contributed by atoms with Crippen molar-refractivity contribution in [3.05, 3.63) is 72.7 Å². The summed E-state index contributed by atoms with van der Waals surface area (Å²) in [5, 5.41) is 11.1. The minimum atomic E-state index is -0.518. The van der Waals surface area contributed by atoms with Crippen LogP contribution in [0.2, 0.25) is 0 Å². The van der Waals surface area contributed by atoms with Gasteiger partial charge in [-0.25, -0.2) is 9.20 Å². The van der Waals surface area contributed by atoms with E-state index in [1.54, 1.807) is 4.57 Å². The van der Waals surface area contributed by atoms with E-state index in [9.17, 15) is 19.5 Å². The third-order valence-electron chi connectivity index (χ3n) is 6.38. The molecule has 1 N–H and O–H groups in total. The number of aryl methyl sites for hydroxylation is 2. The Labute approximate surface area is 202 Å². The fourth-order valence-corrected chi connectivity index (χ4v) is 4.51. The molecule has 1 aromatic carbocycles. The molecule has 186 valence electrons. The van der Waals surface area contributed by atoms with Crippen LogP contribution in [0.1, 0.15) is 64.0 Å². The molecule has 0 spiro atoms. The standard InChI is InChI=1S/C26H33N5O4/c1-4-7-15-28-21-20(24(34)30(26(28)35)16-8-5-2)31-23(33)19(17-18-12-10-9-11-13-18)22(32)29(14-6-3)25(31)27-21/h9-13,32H,4-8,14-17H2,1-3H3. The molecule has 3 heterocycles. The lowest BCUT2D eigenvalue weighted by atomic mass is 10.1. The predicted molar refractivity (Wildman–Crippen MR) is 136 cm³/mol. The number of aromatic nitrogens is 5. The number of imidazole rings is 1. The molecule has 4 aromatic rings. The number of unbranched alkanes of at least 4 members (excludes halogenated alkanes) is 2. The molecule has 0 aliphatic rings. The Bertz CT molecular complexity index is 1530. The normalized spacial score (nSPS) is 11.6. The Morgan fingerprint density at radius 1 is 0.800 bits per heavy atom. The van der Waals surface area contributed by atoms with Gasteiger partial charge in [-0.05, 0) is 24.8 Å². The van der Waals surface area contributed by atoms with E-state index in [0.717, 1.165) is 24.8 Å². The lowest BCUT2D eigenvalue weighted by Crippen LogP contribution is -2.41. The van der Waals surface area contributed by atoms with Gasteiger partial charge >= 0.3 is 5.69 Å². The van der Waals surface area contributed by atoms with E-state index in [2.05, 4.69) is 4.98 Å². The molecule has 0 bridgehead atoms. The SMILES string of the molecule is CCCCn1c(=O)c2c(nc3n(CCC)c(O)c(Cc4ccccc4)c(=O)n23)n(CCCC)c1=O. The highest BCUT2D eigenvalue weighted by atomic mass is 16.3. The average Bonchev–Trinajstić information content (AvgIpc) is 3.25. The van der Waals surface area contributed by atoms with Gasteiger partial charge in [0.2, 0.25) is 11.7 Å². The van der Waals surface area contributed by atoms with Crippen molar-refractivity contribution in [3.8, 4) is 5.88 Å². The van der Waals surface area contributed by atoms with Gasteiger partial charge < -0.3 is 5.11 Å². The first-order chi connectivity index (χ1) is 16.9. The zero-order chi connectivity index (χ0) is 25.1. The smallest absolute Gasteiger partial charge is 0.332 e. The minimum absolute atomic E-state index is 0.0935. The summed E-state index contributed by atoms with van der Waals surface area (Å²) in [4.78, 5) is 45.3. The average molecular weight is 480 g/mol. The third-order valence-corrected chi connectivity index (χ3v) is 6.38. The predicted octanol–water partition coefficient (Wildman–Crippen LogP) is 3.28. The van der Waals surface area contributed by atoms with Gasteiger partial charge in [0.05, 0.1) is 5.56 Å². The van der Waals surface area contributed by atoms with Crippen LogP contribution >= 0.6 is 0 Å². The van der Waals surface area contributed by atoms with Crippen LogP contribution in [0.15, 0.2) is 44.7 Å². The second-order valence-electron chi connectivity index (χ2n) is 8.94. The van der Waals surface area contributed by atoms with Crippen molar-refractivity contribution in [1.29, 1.82) is 0 Å². The molecule has 0 atom stereocenters. The van der Waals surface area contributed by atoms with Gasteiger partial charge in [-0.2, -0.15) is 4.98 Å². The first-order valence-corrected chi connectivity index (χ1v) is 12.5. The highest BCUT2D eigenvalue weighted by Crippen LogP contribution is 2.23. The summed E-state index contributed by atoms with van der Waals surface area (Å²) in [5.74, 6) is 0.0217. The Kier molecular flexibility index (Phi) is 7.23. The van der Waals surface area contributed by atoms with E-state index in [1.807, 2.05) is 51.1 Å². The minimum Gasteiger partial charge on any atom is -0.494 e. The summed E-state index contributed by atoms with van der Waals surface area (Å²) < 4.78 is 5.61. The number of fused-ring (bicyclic) bond motifs is 3. The number of benzene rings is 1. The molecule has 0 radical (unpaired) electrons. The van der Waals surface area contributed by atoms with Gasteiger partial charge in [0.25, 0.3) is 11.1 Å². The molecule has 0 saturated carbocycles. The maximum Gasteiger partial charge on any atom is 0.332 e. The largest absolute Gasteiger partial charge is 0.494 e. The molecule has 0 aliphatic heterocycles. The molecule has 35 heavy (non-hydrogen) atoms. The molecule has 9 nitrogen and oxygen atoms in total. The monoisotopic (exact) mass is 479 g/mol. The van der Waals surface area contributed by atoms with Crippen LogP contribution in [0.4, 0.5) is 0 Å². The maximum absolute atomic E-state index is 13.8. The van der Waals surface area contributed by atoms with Gasteiger partial charge in [0, 0.05) is 26.1 Å². The van der Waals surface area contributed by atoms with Crippen LogP contribution < -0.4 is 16.8 Å². The second-order valence-corrected chi connectivity index (χ2v) is 8.94. The summed E-state index contributed by atoms with van der Waals surface area (Å²) in [5.41, 5.74) is -0.0631. The van der Waals surface area contributed by atoms with Crippen molar-refractivity contribution in [3.63, 3.8) is 0 Å². The van der Waals surface area contributed by atoms with Crippen LogP contribution in [0, 0.1) is 0 Å². The van der Waals surface area contributed by atoms with Crippen molar-refractivity contribution in [2.45, 2.75) is 78.9 Å². The van der Waals surface area contributed by atoms with E-state index in [1.165, 1.54) is 13.5 Å². The Morgan fingerprint density at radius 3 is 2.09 bits per heavy atom. The Balaban J connectivity index is 2.13. The molecule has 9 heteroatoms. The molecule has 3 aromatic heterocycles. The molecule has 0 fully saturated rings. The van der Waals surface area contributed by atoms with Gasteiger partial charge in [0.15, 0.2) is 11.2 Å². The van der Waals surface area contributed by atoms with E-state index in [0.29, 0.717) is 25.9 Å². The summed E-state index contributed by atoms with van der Waals surface area (Å²) in [6.07, 6.45) is 3.99. The van der Waals surface area contributed by atoms with Crippen molar-refractivity contribution in [2.24, 2.45) is 0 Å². The number of hydrogen-bond acceptors (Lipinski definition) is 5. The van der Waals surface area contributed by atoms with Gasteiger partial charge in [-0.15, -0.1) is 0 Å².